The number of fused-ring (bicyclic) bond motifs is 20. The van der Waals surface area contributed by atoms with Crippen molar-refractivity contribution < 1.29 is 0 Å². The molecule has 0 aromatic heterocycles. The third-order valence-corrected chi connectivity index (χ3v) is 23.8. The van der Waals surface area contributed by atoms with E-state index in [4.69, 9.17) is 0 Å². The van der Waals surface area contributed by atoms with Crippen LogP contribution in [-0.2, 0) is 0 Å². The number of nitrogens with one attached hydrogen (secondary N) is 1. The lowest BCUT2D eigenvalue weighted by Crippen LogP contribution is -2.74. The van der Waals surface area contributed by atoms with Crippen molar-refractivity contribution in [2.45, 2.75) is 19.6 Å². The van der Waals surface area contributed by atoms with E-state index in [1.165, 1.54) is 124 Å². The molecule has 65 heavy (non-hydrogen) atoms. The lowest BCUT2D eigenvalue weighted by molar-refractivity contribution is 1.14. The highest BCUT2D eigenvalue weighted by atomic mass is 32.3. The number of nitrogens with zero attached hydrogens (tertiary/aromatic N) is 1. The summed E-state index contributed by atoms with van der Waals surface area (Å²) in [4.78, 5) is 8.29. The number of benzene rings is 10. The maximum absolute atomic E-state index is 4.13. The maximum atomic E-state index is 4.13. The Balaban J connectivity index is 1.03. The minimum atomic E-state index is -2.76. The van der Waals surface area contributed by atoms with E-state index in [0.29, 0.717) is 0 Å². The maximum Gasteiger partial charge on any atom is 0.197 e. The Morgan fingerprint density at radius 1 is 0.385 bits per heavy atom. The van der Waals surface area contributed by atoms with Gasteiger partial charge < -0.3 is 10.2 Å². The smallest absolute Gasteiger partial charge is 0.197 e. The number of para-hydroxylation sites is 4. The highest BCUT2D eigenvalue weighted by molar-refractivity contribution is 8.34. The second kappa shape index (κ2) is 13.0. The summed E-state index contributed by atoms with van der Waals surface area (Å²) in [5, 5.41) is 9.91. The van der Waals surface area contributed by atoms with Gasteiger partial charge in [0.15, 0.2) is 15.4 Å². The fourth-order valence-electron chi connectivity index (χ4n) is 12.4. The minimum Gasteiger partial charge on any atom is -0.355 e. The Morgan fingerprint density at radius 2 is 0.938 bits per heavy atom. The first-order valence-electron chi connectivity index (χ1n) is 22.6. The van der Waals surface area contributed by atoms with Crippen LogP contribution in [0, 0.1) is 0 Å². The minimum absolute atomic E-state index is 1.20. The Bertz CT molecular complexity index is 3620. The summed E-state index contributed by atoms with van der Waals surface area (Å²) in [6.45, 7) is 0. The van der Waals surface area contributed by atoms with E-state index in [2.05, 4.69) is 242 Å². The molecule has 5 aliphatic rings. The quantitative estimate of drug-likeness (QED) is 0.174. The van der Waals surface area contributed by atoms with Gasteiger partial charge in [0, 0.05) is 42.2 Å². The number of rotatable bonds is 2. The van der Waals surface area contributed by atoms with Crippen LogP contribution in [0.2, 0.25) is 0 Å². The summed E-state index contributed by atoms with van der Waals surface area (Å²) in [6.07, 6.45) is 0. The number of hydrogen-bond acceptors (Lipinski definition) is 2. The van der Waals surface area contributed by atoms with Crippen molar-refractivity contribution in [3.8, 4) is 44.5 Å². The van der Waals surface area contributed by atoms with Crippen LogP contribution >= 0.6 is 10.0 Å². The molecule has 15 rings (SSSR count). The van der Waals surface area contributed by atoms with E-state index in [0.717, 1.165) is 0 Å². The molecule has 10 aromatic carbocycles. The lowest BCUT2D eigenvalue weighted by Gasteiger charge is -2.50. The van der Waals surface area contributed by atoms with Gasteiger partial charge in [0.1, 0.15) is 0 Å². The van der Waals surface area contributed by atoms with E-state index in [-0.39, 0.29) is 0 Å². The molecule has 5 heterocycles. The topological polar surface area (TPSA) is 15.3 Å². The monoisotopic (exact) mass is 857 g/mol. The molecule has 5 heteroatoms. The molecular weight excluding hydrogens is 820 g/mol. The van der Waals surface area contributed by atoms with E-state index < -0.39 is 18.1 Å². The molecule has 0 saturated heterocycles. The second-order valence-electron chi connectivity index (χ2n) is 17.8. The van der Waals surface area contributed by atoms with Crippen LogP contribution in [0.3, 0.4) is 0 Å². The van der Waals surface area contributed by atoms with Gasteiger partial charge in [-0.2, -0.15) is 0 Å². The van der Waals surface area contributed by atoms with Crippen molar-refractivity contribution in [1.82, 2.24) is 0 Å². The SMILES string of the molecule is [B]1c2cccc3c2N(c2ccccc2S32c3ccccc3-c3ccccc32)c2cc(-c3ccccc3)cc(-c3cccc4c3Nc3ccccc3[Si]43c4ccccc4-c4ccccc43)c21. The van der Waals surface area contributed by atoms with Crippen molar-refractivity contribution >= 4 is 85.5 Å². The first kappa shape index (κ1) is 35.8. The zero-order chi connectivity index (χ0) is 42.4. The predicted octanol–water partition coefficient (Wildman–Crippen LogP) is 11.5. The first-order valence-corrected chi connectivity index (χ1v) is 26.2. The lowest BCUT2D eigenvalue weighted by atomic mass is 9.58. The molecule has 1 N–H and O–H groups in total. The van der Waals surface area contributed by atoms with Gasteiger partial charge in [0.05, 0.1) is 11.4 Å². The van der Waals surface area contributed by atoms with Crippen LogP contribution in [-0.4, -0.2) is 15.4 Å². The molecule has 0 amide bonds. The predicted molar refractivity (Wildman–Crippen MR) is 275 cm³/mol. The summed E-state index contributed by atoms with van der Waals surface area (Å²) >= 11 is 0. The molecule has 2 spiro atoms. The van der Waals surface area contributed by atoms with Crippen LogP contribution in [0.5, 0.6) is 0 Å². The Labute approximate surface area is 382 Å². The molecule has 0 bridgehead atoms. The number of hydrogen-bond donors (Lipinski definition) is 1. The average Bonchev–Trinajstić information content (AvgIpc) is 3.83. The first-order chi connectivity index (χ1) is 32.3. The Kier molecular flexibility index (Phi) is 7.18. The van der Waals surface area contributed by atoms with Crippen LogP contribution in [0.25, 0.3) is 44.5 Å². The summed E-state index contributed by atoms with van der Waals surface area (Å²) in [5.74, 6) is 0. The molecule has 0 fully saturated rings. The molecule has 10 aromatic rings. The van der Waals surface area contributed by atoms with Gasteiger partial charge in [-0.3, -0.25) is 0 Å². The normalized spacial score (nSPS) is 15.4. The fourth-order valence-corrected chi connectivity index (χ4v) is 22.5. The summed E-state index contributed by atoms with van der Waals surface area (Å²) in [6, 6.07) is 85.4. The molecule has 0 aliphatic carbocycles. The highest BCUT2D eigenvalue weighted by Gasteiger charge is 2.53. The molecular formula is C60H38BN2SSi. The molecule has 0 atom stereocenters. The van der Waals surface area contributed by atoms with E-state index >= 15 is 0 Å². The summed E-state index contributed by atoms with van der Waals surface area (Å²) in [5.41, 5.74) is 18.9. The second-order valence-corrected chi connectivity index (χ2v) is 24.4. The number of anilines is 5. The van der Waals surface area contributed by atoms with Gasteiger partial charge in [-0.1, -0.05) is 181 Å². The van der Waals surface area contributed by atoms with Crippen LogP contribution in [0.1, 0.15) is 0 Å². The molecule has 0 unspecified atom stereocenters. The van der Waals surface area contributed by atoms with Gasteiger partial charge in [0.25, 0.3) is 0 Å². The third kappa shape index (κ3) is 4.42. The molecule has 1 radical (unpaired) electrons. The standard InChI is InChI=1S/C60H38BN2SSi/c1-2-18-38(19-3-1)39-36-45(44-24-16-35-57-59(44)62-47-26-8-15-34-56(47)65(57)54-32-13-6-22-42(54)43-23-7-14-33-55(43)65)58-49(37-39)63-48-27-9-12-30-52(48)64(53-31-17-25-46(61-58)60(53)63)50-28-10-4-20-40(50)41-21-5-11-29-51(41)64/h1-37,62H. The zero-order valence-electron chi connectivity index (χ0n) is 35.3. The van der Waals surface area contributed by atoms with Crippen LogP contribution in [0.15, 0.2) is 244 Å². The molecule has 5 aliphatic heterocycles. The molecule has 0 saturated carbocycles. The van der Waals surface area contributed by atoms with Crippen LogP contribution < -0.4 is 41.9 Å². The molecule has 2 nitrogen and oxygen atoms in total. The summed E-state index contributed by atoms with van der Waals surface area (Å²) < 4.78 is 0. The average molecular weight is 858 g/mol. The highest BCUT2D eigenvalue weighted by Crippen LogP contribution is 2.84. The van der Waals surface area contributed by atoms with Crippen molar-refractivity contribution in [3.05, 3.63) is 224 Å². The molecule has 301 valence electrons. The largest absolute Gasteiger partial charge is 0.355 e. The van der Waals surface area contributed by atoms with Gasteiger partial charge in [-0.25, -0.2) is 0 Å². The third-order valence-electron chi connectivity index (χ3n) is 14.9. The van der Waals surface area contributed by atoms with E-state index in [9.17, 15) is 0 Å². The van der Waals surface area contributed by atoms with Crippen molar-refractivity contribution in [2.24, 2.45) is 0 Å². The van der Waals surface area contributed by atoms with Gasteiger partial charge >= 0.3 is 0 Å². The van der Waals surface area contributed by atoms with E-state index in [1.54, 1.807) is 0 Å². The van der Waals surface area contributed by atoms with Crippen molar-refractivity contribution in [1.29, 1.82) is 0 Å². The van der Waals surface area contributed by atoms with E-state index in [1.807, 2.05) is 0 Å². The van der Waals surface area contributed by atoms with Crippen molar-refractivity contribution in [3.63, 3.8) is 0 Å². The zero-order valence-corrected chi connectivity index (χ0v) is 37.1. The summed E-state index contributed by atoms with van der Waals surface area (Å²) in [7, 11) is -2.08. The van der Waals surface area contributed by atoms with Crippen LogP contribution in [0.4, 0.5) is 28.4 Å². The fraction of sp³-hybridized carbons (Fsp3) is 0. The van der Waals surface area contributed by atoms with Gasteiger partial charge in [-0.05, 0) is 114 Å². The Hall–Kier alpha value is -7.57. The van der Waals surface area contributed by atoms with Crippen molar-refractivity contribution in [2.75, 3.05) is 10.2 Å². The Morgan fingerprint density at radius 3 is 1.68 bits per heavy atom. The van der Waals surface area contributed by atoms with Gasteiger partial charge in [-0.15, -0.1) is 10.0 Å². The van der Waals surface area contributed by atoms with Gasteiger partial charge in [0.2, 0.25) is 0 Å².